The second-order valence-electron chi connectivity index (χ2n) is 15.7. The number of likely N-dealkylation sites (tertiary alicyclic amines) is 1. The predicted molar refractivity (Wildman–Crippen MR) is 203 cm³/mol. The number of anilines is 1. The van der Waals surface area contributed by atoms with E-state index in [9.17, 15) is 28.1 Å². The summed E-state index contributed by atoms with van der Waals surface area (Å²) in [5.74, 6) is 7.05. The number of nitrogens with one attached hydrogen (secondary N) is 2. The summed E-state index contributed by atoms with van der Waals surface area (Å²) in [6.07, 6.45) is 2.42. The summed E-state index contributed by atoms with van der Waals surface area (Å²) in [6.45, 7) is 11.8. The lowest BCUT2D eigenvalue weighted by atomic mass is 9.87. The average Bonchev–Trinajstić information content (AvgIpc) is 3.45. The number of piperidine rings is 2. The molecular weight excluding hydrogens is 709 g/mol. The van der Waals surface area contributed by atoms with Crippen molar-refractivity contribution in [3.8, 4) is 17.9 Å². The molecule has 3 aliphatic rings. The number of alkyl carbamates (subject to hydrolysis) is 1. The van der Waals surface area contributed by atoms with Gasteiger partial charge in [0.1, 0.15) is 11.7 Å². The molecule has 286 valence electrons. The van der Waals surface area contributed by atoms with Gasteiger partial charge in [0, 0.05) is 63.2 Å². The van der Waals surface area contributed by atoms with Crippen LogP contribution in [-0.4, -0.2) is 95.3 Å². The lowest BCUT2D eigenvalue weighted by Crippen LogP contribution is -2.49. The van der Waals surface area contributed by atoms with E-state index in [1.54, 1.807) is 25.5 Å². The molecule has 0 spiro atoms. The average molecular weight is 757 g/mol. The van der Waals surface area contributed by atoms with Crippen molar-refractivity contribution in [1.29, 1.82) is 5.26 Å². The third kappa shape index (κ3) is 8.39. The number of urea groups is 1. The van der Waals surface area contributed by atoms with Crippen LogP contribution in [0.2, 0.25) is 0 Å². The summed E-state index contributed by atoms with van der Waals surface area (Å²) in [5, 5.41) is 20.5. The Bertz CT molecular complexity index is 2170. The molecule has 2 N–H and O–H groups in total. The molecule has 14 nitrogen and oxygen atoms in total. The number of ether oxygens (including phenoxy) is 1. The van der Waals surface area contributed by atoms with Gasteiger partial charge in [-0.25, -0.2) is 18.0 Å². The minimum Gasteiger partial charge on any atom is -0.444 e. The van der Waals surface area contributed by atoms with E-state index in [1.807, 2.05) is 27.0 Å². The number of fused-ring (bicyclic) bond motifs is 1. The molecule has 3 fully saturated rings. The molecule has 0 radical (unpaired) electrons. The van der Waals surface area contributed by atoms with Crippen molar-refractivity contribution in [3.05, 3.63) is 53.1 Å². The molecule has 2 aromatic carbocycles. The zero-order chi connectivity index (χ0) is 39.0. The van der Waals surface area contributed by atoms with Crippen LogP contribution in [-0.2, 0) is 26.6 Å². The van der Waals surface area contributed by atoms with E-state index in [2.05, 4.69) is 50.7 Å². The molecule has 54 heavy (non-hydrogen) atoms. The molecule has 4 heterocycles. The van der Waals surface area contributed by atoms with E-state index in [1.165, 1.54) is 33.0 Å². The number of nitriles is 1. The summed E-state index contributed by atoms with van der Waals surface area (Å²) in [7, 11) is -2.01. The number of sulfonamides is 1. The third-order valence-corrected chi connectivity index (χ3v) is 12.2. The Hall–Kier alpha value is -4.96. The number of nitrogens with zero attached hydrogens (tertiary/aromatic N) is 6. The number of benzene rings is 2. The standard InChI is InChI=1S/C39H48N8O6S/c1-38(2,3)53-37(50)41-30-14-20-46(21-15-30)54(51,52)31-9-7-29(25-40)28(23-31)11-17-39(4,5)45-18-12-26(13-19-45)27-8-10-32-33(24-27)44(6)43-35(32)47-22-16-34(48)42-36(47)49/h7-10,23-24,26,30H,12-16,18-22H2,1-6H3,(H,41,50)(H,42,48,49). The maximum absolute atomic E-state index is 13.7. The van der Waals surface area contributed by atoms with Crippen LogP contribution in [0, 0.1) is 23.2 Å². The fourth-order valence-electron chi connectivity index (χ4n) is 7.29. The Morgan fingerprint density at radius 2 is 1.67 bits per heavy atom. The van der Waals surface area contributed by atoms with Crippen molar-refractivity contribution < 1.29 is 27.5 Å². The van der Waals surface area contributed by atoms with E-state index < -0.39 is 33.3 Å². The van der Waals surface area contributed by atoms with Gasteiger partial charge in [-0.05, 0) is 102 Å². The number of imide groups is 1. The number of aromatic nitrogens is 2. The molecule has 15 heteroatoms. The number of hydrogen-bond acceptors (Lipinski definition) is 9. The van der Waals surface area contributed by atoms with Crippen LogP contribution in [0.3, 0.4) is 0 Å². The minimum absolute atomic E-state index is 0.0785. The predicted octanol–water partition coefficient (Wildman–Crippen LogP) is 4.58. The number of carbonyl (C=O) groups excluding carboxylic acids is 3. The molecule has 0 aliphatic carbocycles. The van der Waals surface area contributed by atoms with Gasteiger partial charge in [0.05, 0.1) is 21.5 Å². The molecule has 0 saturated carbocycles. The second kappa shape index (κ2) is 15.1. The van der Waals surface area contributed by atoms with Crippen LogP contribution in [0.1, 0.15) is 89.3 Å². The van der Waals surface area contributed by atoms with Gasteiger partial charge in [-0.15, -0.1) is 0 Å². The molecule has 0 unspecified atom stereocenters. The Kier molecular flexibility index (Phi) is 10.8. The Labute approximate surface area is 316 Å². The first-order valence-electron chi connectivity index (χ1n) is 18.4. The molecule has 6 rings (SSSR count). The number of rotatable bonds is 6. The van der Waals surface area contributed by atoms with Gasteiger partial charge in [-0.1, -0.05) is 17.9 Å². The highest BCUT2D eigenvalue weighted by Crippen LogP contribution is 2.35. The Morgan fingerprint density at radius 3 is 2.31 bits per heavy atom. The minimum atomic E-state index is -3.86. The number of carbonyl (C=O) groups is 3. The van der Waals surface area contributed by atoms with Crippen molar-refractivity contribution in [2.24, 2.45) is 7.05 Å². The first kappa shape index (κ1) is 38.8. The summed E-state index contributed by atoms with van der Waals surface area (Å²) in [5.41, 5.74) is 1.60. The zero-order valence-electron chi connectivity index (χ0n) is 31.7. The summed E-state index contributed by atoms with van der Waals surface area (Å²) in [4.78, 5) is 40.3. The molecule has 3 aromatic rings. The van der Waals surface area contributed by atoms with Gasteiger partial charge >= 0.3 is 12.1 Å². The van der Waals surface area contributed by atoms with Crippen molar-refractivity contribution in [1.82, 2.24) is 29.6 Å². The maximum atomic E-state index is 13.7. The van der Waals surface area contributed by atoms with Crippen LogP contribution in [0.5, 0.6) is 0 Å². The zero-order valence-corrected chi connectivity index (χ0v) is 32.5. The van der Waals surface area contributed by atoms with Crippen molar-refractivity contribution in [2.45, 2.75) is 94.7 Å². The SMILES string of the molecule is Cn1nc(N2CCC(=O)NC2=O)c2ccc(C3CCN(C(C)(C)C#Cc4cc(S(=O)(=O)N5CCC(NC(=O)OC(C)(C)C)CC5)ccc4C#N)CC3)cc21. The number of amides is 4. The molecule has 4 amide bonds. The van der Waals surface area contributed by atoms with Crippen molar-refractivity contribution in [2.75, 3.05) is 37.6 Å². The highest BCUT2D eigenvalue weighted by molar-refractivity contribution is 7.89. The van der Waals surface area contributed by atoms with Gasteiger partial charge in [-0.2, -0.15) is 14.7 Å². The second-order valence-corrected chi connectivity index (χ2v) is 17.6. The van der Waals surface area contributed by atoms with Crippen LogP contribution < -0.4 is 15.5 Å². The Balaban J connectivity index is 1.10. The fourth-order valence-corrected chi connectivity index (χ4v) is 8.79. The van der Waals surface area contributed by atoms with Crippen LogP contribution in [0.25, 0.3) is 10.9 Å². The summed E-state index contributed by atoms with van der Waals surface area (Å²) in [6, 6.07) is 12.2. The molecule has 3 aliphatic heterocycles. The maximum Gasteiger partial charge on any atom is 0.407 e. The third-order valence-electron chi connectivity index (χ3n) is 10.3. The van der Waals surface area contributed by atoms with Gasteiger partial charge < -0.3 is 10.1 Å². The topological polar surface area (TPSA) is 170 Å². The van der Waals surface area contributed by atoms with E-state index in [0.29, 0.717) is 35.7 Å². The molecule has 0 bridgehead atoms. The highest BCUT2D eigenvalue weighted by atomic mass is 32.2. The van der Waals surface area contributed by atoms with Crippen LogP contribution in [0.4, 0.5) is 15.4 Å². The van der Waals surface area contributed by atoms with Crippen LogP contribution >= 0.6 is 0 Å². The van der Waals surface area contributed by atoms with Gasteiger partial charge in [0.25, 0.3) is 0 Å². The fraction of sp³-hybridized carbons (Fsp3) is 0.513. The smallest absolute Gasteiger partial charge is 0.407 e. The monoisotopic (exact) mass is 756 g/mol. The normalized spacial score (nSPS) is 18.5. The summed E-state index contributed by atoms with van der Waals surface area (Å²) < 4.78 is 35.9. The first-order valence-corrected chi connectivity index (χ1v) is 19.8. The van der Waals surface area contributed by atoms with Crippen molar-refractivity contribution >= 4 is 44.8 Å². The molecule has 3 saturated heterocycles. The number of aryl methyl sites for hydroxylation is 1. The van der Waals surface area contributed by atoms with E-state index in [4.69, 9.17) is 4.74 Å². The molecular formula is C39H48N8O6S. The van der Waals surface area contributed by atoms with E-state index >= 15 is 0 Å². The van der Waals surface area contributed by atoms with E-state index in [-0.39, 0.29) is 42.9 Å². The largest absolute Gasteiger partial charge is 0.444 e. The van der Waals surface area contributed by atoms with Crippen molar-refractivity contribution in [3.63, 3.8) is 0 Å². The Morgan fingerprint density at radius 1 is 0.963 bits per heavy atom. The lowest BCUT2D eigenvalue weighted by Gasteiger charge is -2.40. The van der Waals surface area contributed by atoms with Crippen LogP contribution in [0.15, 0.2) is 41.3 Å². The summed E-state index contributed by atoms with van der Waals surface area (Å²) >= 11 is 0. The molecule has 1 aromatic heterocycles. The van der Waals surface area contributed by atoms with Gasteiger partial charge in [-0.3, -0.25) is 24.6 Å². The molecule has 0 atom stereocenters. The van der Waals surface area contributed by atoms with Gasteiger partial charge in [0.15, 0.2) is 5.82 Å². The first-order chi connectivity index (χ1) is 25.4. The highest BCUT2D eigenvalue weighted by Gasteiger charge is 2.33. The quantitative estimate of drug-likeness (QED) is 0.342. The lowest BCUT2D eigenvalue weighted by molar-refractivity contribution is -0.120. The van der Waals surface area contributed by atoms with Gasteiger partial charge in [0.2, 0.25) is 15.9 Å². The van der Waals surface area contributed by atoms with E-state index in [0.717, 1.165) is 36.8 Å². The number of hydrogen-bond donors (Lipinski definition) is 2.